The molecule has 0 aliphatic heterocycles. The summed E-state index contributed by atoms with van der Waals surface area (Å²) in [6.07, 6.45) is 6.18. The Morgan fingerprint density at radius 1 is 1.26 bits per heavy atom. The summed E-state index contributed by atoms with van der Waals surface area (Å²) in [5.41, 5.74) is 2.79. The van der Waals surface area contributed by atoms with Gasteiger partial charge in [0.1, 0.15) is 0 Å². The minimum atomic E-state index is 0.761. The van der Waals surface area contributed by atoms with Crippen molar-refractivity contribution in [2.24, 2.45) is 5.92 Å². The van der Waals surface area contributed by atoms with Crippen LogP contribution in [0, 0.1) is 5.92 Å². The molecule has 0 amide bonds. The van der Waals surface area contributed by atoms with Gasteiger partial charge in [-0.25, -0.2) is 0 Å². The summed E-state index contributed by atoms with van der Waals surface area (Å²) in [6, 6.07) is 9.87. The maximum Gasteiger partial charge on any atom is 0.0483 e. The number of aromatic nitrogens is 1. The van der Waals surface area contributed by atoms with Gasteiger partial charge in [-0.1, -0.05) is 26.0 Å². The number of fused-ring (bicyclic) bond motifs is 1. The highest BCUT2D eigenvalue weighted by molar-refractivity contribution is 5.80. The van der Waals surface area contributed by atoms with Gasteiger partial charge in [0.25, 0.3) is 0 Å². The van der Waals surface area contributed by atoms with Gasteiger partial charge in [0.2, 0.25) is 0 Å². The first kappa shape index (κ1) is 12.7. The molecule has 0 atom stereocenters. The van der Waals surface area contributed by atoms with Crippen molar-refractivity contribution in [3.63, 3.8) is 0 Å². The number of nitrogens with zero attached hydrogens (tertiary/aromatic N) is 1. The quantitative estimate of drug-likeness (QED) is 0.828. The summed E-state index contributed by atoms with van der Waals surface area (Å²) in [7, 11) is 0. The second kappa shape index (κ2) is 5.38. The van der Waals surface area contributed by atoms with E-state index >= 15 is 0 Å². The van der Waals surface area contributed by atoms with Crippen LogP contribution in [0.4, 0.5) is 0 Å². The molecule has 102 valence electrons. The molecule has 1 aromatic heterocycles. The fraction of sp³-hybridized carbons (Fsp3) is 0.529. The lowest BCUT2D eigenvalue weighted by Gasteiger charge is -2.09. The van der Waals surface area contributed by atoms with Gasteiger partial charge < -0.3 is 9.88 Å². The Balaban J connectivity index is 1.76. The lowest BCUT2D eigenvalue weighted by Crippen LogP contribution is -2.15. The van der Waals surface area contributed by atoms with Gasteiger partial charge in [0.15, 0.2) is 0 Å². The van der Waals surface area contributed by atoms with Crippen molar-refractivity contribution in [2.45, 2.75) is 52.2 Å². The SMILES string of the molecule is CC(C)CCn1ccc2ccc(CNC3CC3)cc21. The van der Waals surface area contributed by atoms with E-state index < -0.39 is 0 Å². The third kappa shape index (κ3) is 3.19. The Morgan fingerprint density at radius 2 is 2.11 bits per heavy atom. The van der Waals surface area contributed by atoms with Gasteiger partial charge in [-0.05, 0) is 48.3 Å². The molecular weight excluding hydrogens is 232 g/mol. The molecule has 0 unspecified atom stereocenters. The topological polar surface area (TPSA) is 17.0 Å². The van der Waals surface area contributed by atoms with E-state index in [0.717, 1.165) is 25.0 Å². The number of hydrogen-bond donors (Lipinski definition) is 1. The predicted molar refractivity (Wildman–Crippen MR) is 81.3 cm³/mol. The Bertz CT molecular complexity index is 549. The maximum absolute atomic E-state index is 3.59. The van der Waals surface area contributed by atoms with Crippen LogP contribution in [0.15, 0.2) is 30.5 Å². The Morgan fingerprint density at radius 3 is 2.84 bits per heavy atom. The van der Waals surface area contributed by atoms with Crippen molar-refractivity contribution in [3.05, 3.63) is 36.0 Å². The Hall–Kier alpha value is -1.28. The fourth-order valence-electron chi connectivity index (χ4n) is 2.48. The summed E-state index contributed by atoms with van der Waals surface area (Å²) in [5.74, 6) is 0.761. The average Bonchev–Trinajstić information content (AvgIpc) is 3.14. The average molecular weight is 256 g/mol. The zero-order valence-electron chi connectivity index (χ0n) is 12.0. The van der Waals surface area contributed by atoms with E-state index in [2.05, 4.69) is 54.2 Å². The molecule has 1 aliphatic carbocycles. The zero-order chi connectivity index (χ0) is 13.2. The predicted octanol–water partition coefficient (Wildman–Crippen LogP) is 3.94. The normalized spacial score (nSPS) is 15.5. The smallest absolute Gasteiger partial charge is 0.0483 e. The number of hydrogen-bond acceptors (Lipinski definition) is 1. The molecule has 2 nitrogen and oxygen atoms in total. The number of benzene rings is 1. The second-order valence-electron chi connectivity index (χ2n) is 6.24. The van der Waals surface area contributed by atoms with Gasteiger partial charge in [-0.3, -0.25) is 0 Å². The van der Waals surface area contributed by atoms with Crippen molar-refractivity contribution < 1.29 is 0 Å². The fourth-order valence-corrected chi connectivity index (χ4v) is 2.48. The van der Waals surface area contributed by atoms with Crippen LogP contribution in [0.1, 0.15) is 38.7 Å². The van der Waals surface area contributed by atoms with E-state index in [9.17, 15) is 0 Å². The minimum Gasteiger partial charge on any atom is -0.347 e. The lowest BCUT2D eigenvalue weighted by atomic mass is 10.1. The summed E-state index contributed by atoms with van der Waals surface area (Å²) < 4.78 is 2.40. The van der Waals surface area contributed by atoms with E-state index in [1.807, 2.05) is 0 Å². The third-order valence-electron chi connectivity index (χ3n) is 3.96. The summed E-state index contributed by atoms with van der Waals surface area (Å²) >= 11 is 0. The molecular formula is C17H24N2. The number of nitrogens with one attached hydrogen (secondary N) is 1. The van der Waals surface area contributed by atoms with E-state index in [4.69, 9.17) is 0 Å². The number of aryl methyl sites for hydroxylation is 1. The molecule has 2 aromatic rings. The molecule has 0 spiro atoms. The van der Waals surface area contributed by atoms with Gasteiger partial charge in [0.05, 0.1) is 0 Å². The highest BCUT2D eigenvalue weighted by atomic mass is 15.0. The molecule has 19 heavy (non-hydrogen) atoms. The lowest BCUT2D eigenvalue weighted by molar-refractivity contribution is 0.524. The van der Waals surface area contributed by atoms with Crippen LogP contribution in [0.2, 0.25) is 0 Å². The molecule has 3 rings (SSSR count). The highest BCUT2D eigenvalue weighted by Crippen LogP contribution is 2.22. The van der Waals surface area contributed by atoms with Crippen LogP contribution < -0.4 is 5.32 Å². The van der Waals surface area contributed by atoms with Gasteiger partial charge >= 0.3 is 0 Å². The highest BCUT2D eigenvalue weighted by Gasteiger charge is 2.19. The van der Waals surface area contributed by atoms with Crippen molar-refractivity contribution >= 4 is 10.9 Å². The minimum absolute atomic E-state index is 0.761. The van der Waals surface area contributed by atoms with E-state index in [0.29, 0.717) is 0 Å². The van der Waals surface area contributed by atoms with Gasteiger partial charge in [-0.2, -0.15) is 0 Å². The van der Waals surface area contributed by atoms with Crippen LogP contribution in [0.25, 0.3) is 10.9 Å². The van der Waals surface area contributed by atoms with Crippen molar-refractivity contribution in [3.8, 4) is 0 Å². The van der Waals surface area contributed by atoms with Crippen LogP contribution in [0.5, 0.6) is 0 Å². The molecule has 1 N–H and O–H groups in total. The van der Waals surface area contributed by atoms with E-state index in [-0.39, 0.29) is 0 Å². The second-order valence-corrected chi connectivity index (χ2v) is 6.24. The van der Waals surface area contributed by atoms with Crippen molar-refractivity contribution in [1.82, 2.24) is 9.88 Å². The third-order valence-corrected chi connectivity index (χ3v) is 3.96. The molecule has 0 saturated heterocycles. The van der Waals surface area contributed by atoms with Crippen LogP contribution in [0.3, 0.4) is 0 Å². The van der Waals surface area contributed by atoms with E-state index in [1.54, 1.807) is 0 Å². The maximum atomic E-state index is 3.59. The number of rotatable bonds is 6. The Kier molecular flexibility index (Phi) is 3.61. The molecule has 1 heterocycles. The van der Waals surface area contributed by atoms with Crippen LogP contribution >= 0.6 is 0 Å². The first-order valence-corrected chi connectivity index (χ1v) is 7.53. The van der Waals surface area contributed by atoms with Gasteiger partial charge in [-0.15, -0.1) is 0 Å². The first-order chi connectivity index (χ1) is 9.22. The van der Waals surface area contributed by atoms with Crippen LogP contribution in [-0.4, -0.2) is 10.6 Å². The molecule has 0 radical (unpaired) electrons. The monoisotopic (exact) mass is 256 g/mol. The molecule has 2 heteroatoms. The van der Waals surface area contributed by atoms with Gasteiger partial charge in [0, 0.05) is 30.8 Å². The van der Waals surface area contributed by atoms with E-state index in [1.165, 1.54) is 35.7 Å². The Labute approximate surface area is 115 Å². The largest absolute Gasteiger partial charge is 0.347 e. The van der Waals surface area contributed by atoms with Crippen molar-refractivity contribution in [2.75, 3.05) is 0 Å². The zero-order valence-corrected chi connectivity index (χ0v) is 12.0. The van der Waals surface area contributed by atoms with Crippen molar-refractivity contribution in [1.29, 1.82) is 0 Å². The molecule has 1 saturated carbocycles. The van der Waals surface area contributed by atoms with Crippen LogP contribution in [-0.2, 0) is 13.1 Å². The summed E-state index contributed by atoms with van der Waals surface area (Å²) in [6.45, 7) is 6.71. The standard InChI is InChI=1S/C17H24N2/c1-13(2)7-9-19-10-8-15-4-3-14(11-17(15)19)12-18-16-5-6-16/h3-4,8,10-11,13,16,18H,5-7,9,12H2,1-2H3. The molecule has 1 fully saturated rings. The summed E-state index contributed by atoms with van der Waals surface area (Å²) in [4.78, 5) is 0. The summed E-state index contributed by atoms with van der Waals surface area (Å²) in [5, 5.41) is 4.95. The molecule has 1 aromatic carbocycles. The molecule has 1 aliphatic rings. The molecule has 0 bridgehead atoms. The first-order valence-electron chi connectivity index (χ1n) is 7.53.